The monoisotopic (exact) mass is 673 g/mol. The predicted molar refractivity (Wildman–Crippen MR) is 149 cm³/mol. The summed E-state index contributed by atoms with van der Waals surface area (Å²) in [5.74, 6) is -0.725. The molecule has 4 rings (SSSR count). The van der Waals surface area contributed by atoms with E-state index in [-0.39, 0.29) is 33.0 Å². The first-order chi connectivity index (χ1) is 17.5. The summed E-state index contributed by atoms with van der Waals surface area (Å²) in [5, 5.41) is 2.90. The summed E-state index contributed by atoms with van der Waals surface area (Å²) in [7, 11) is -3.39. The Morgan fingerprint density at radius 1 is 1.19 bits per heavy atom. The smallest absolute Gasteiger partial charge is 0.254 e. The van der Waals surface area contributed by atoms with E-state index in [4.69, 9.17) is 23.2 Å². The van der Waals surface area contributed by atoms with Gasteiger partial charge in [-0.1, -0.05) is 23.2 Å². The van der Waals surface area contributed by atoms with Crippen molar-refractivity contribution in [3.8, 4) is 0 Å². The van der Waals surface area contributed by atoms with Crippen molar-refractivity contribution in [3.05, 3.63) is 84.7 Å². The minimum absolute atomic E-state index is 0.0283. The van der Waals surface area contributed by atoms with Crippen molar-refractivity contribution in [2.45, 2.75) is 30.4 Å². The highest BCUT2D eigenvalue weighted by atomic mass is 127. The van der Waals surface area contributed by atoms with Crippen LogP contribution in [0.5, 0.6) is 0 Å². The topological polar surface area (TPSA) is 106 Å². The lowest BCUT2D eigenvalue weighted by molar-refractivity contribution is -0.109. The standard InChI is InChI=1S/C25H22Cl2IN3O5S/c1-37(35,36)19-6-8-30(13-19)12-18(14-32)29-24(33)22-21(26)10-16-11-31(9-7-20(16)23(22)27)25(34)15-2-4-17(28)5-3-15/h2-6,8,10,13-14,18H,7,9,11-12H2,1H3,(H,29,33). The number of carbonyl (C=O) groups is 3. The molecule has 3 aromatic rings. The average molecular weight is 674 g/mol. The molecule has 37 heavy (non-hydrogen) atoms. The zero-order valence-corrected chi connectivity index (χ0v) is 24.1. The van der Waals surface area contributed by atoms with Crippen LogP contribution in [0.15, 0.2) is 53.7 Å². The lowest BCUT2D eigenvalue weighted by atomic mass is 9.96. The molecule has 0 radical (unpaired) electrons. The van der Waals surface area contributed by atoms with Gasteiger partial charge in [0.05, 0.1) is 20.5 Å². The van der Waals surface area contributed by atoms with Crippen molar-refractivity contribution in [3.63, 3.8) is 0 Å². The van der Waals surface area contributed by atoms with Gasteiger partial charge in [-0.05, 0) is 76.5 Å². The number of halogens is 3. The van der Waals surface area contributed by atoms with Gasteiger partial charge in [0.2, 0.25) is 0 Å². The van der Waals surface area contributed by atoms with E-state index in [1.54, 1.807) is 23.1 Å². The Balaban J connectivity index is 1.50. The Morgan fingerprint density at radius 2 is 1.89 bits per heavy atom. The number of fused-ring (bicyclic) bond motifs is 1. The molecular formula is C25H22Cl2IN3O5S. The average Bonchev–Trinajstić information content (AvgIpc) is 3.32. The van der Waals surface area contributed by atoms with E-state index in [0.29, 0.717) is 31.4 Å². The molecular weight excluding hydrogens is 652 g/mol. The number of hydrogen-bond donors (Lipinski definition) is 1. The summed E-state index contributed by atoms with van der Waals surface area (Å²) < 4.78 is 25.9. The van der Waals surface area contributed by atoms with Gasteiger partial charge in [-0.15, -0.1) is 0 Å². The van der Waals surface area contributed by atoms with Crippen LogP contribution in [0.4, 0.5) is 0 Å². The molecule has 2 amide bonds. The number of nitrogens with zero attached hydrogens (tertiary/aromatic N) is 2. The lowest BCUT2D eigenvalue weighted by Gasteiger charge is -2.30. The fourth-order valence-electron chi connectivity index (χ4n) is 4.15. The zero-order chi connectivity index (χ0) is 26.9. The van der Waals surface area contributed by atoms with Gasteiger partial charge in [-0.25, -0.2) is 8.42 Å². The van der Waals surface area contributed by atoms with Crippen LogP contribution in [0, 0.1) is 3.57 Å². The van der Waals surface area contributed by atoms with Gasteiger partial charge < -0.3 is 19.6 Å². The molecule has 0 aliphatic carbocycles. The number of hydrogen-bond acceptors (Lipinski definition) is 5. The van der Waals surface area contributed by atoms with E-state index in [2.05, 4.69) is 27.9 Å². The van der Waals surface area contributed by atoms with Crippen LogP contribution in [-0.2, 0) is 34.1 Å². The number of aldehydes is 1. The summed E-state index contributed by atoms with van der Waals surface area (Å²) in [6.45, 7) is 0.753. The van der Waals surface area contributed by atoms with Crippen molar-refractivity contribution in [2.75, 3.05) is 12.8 Å². The van der Waals surface area contributed by atoms with Crippen molar-refractivity contribution < 1.29 is 22.8 Å². The molecule has 0 spiro atoms. The Morgan fingerprint density at radius 3 is 2.51 bits per heavy atom. The fraction of sp³-hybridized carbons (Fsp3) is 0.240. The van der Waals surface area contributed by atoms with Crippen molar-refractivity contribution in [1.29, 1.82) is 0 Å². The Hall–Kier alpha value is -2.41. The molecule has 1 aliphatic rings. The number of aromatic nitrogens is 1. The maximum atomic E-state index is 13.1. The minimum atomic E-state index is -3.39. The molecule has 2 aromatic carbocycles. The molecule has 1 aliphatic heterocycles. The molecule has 0 saturated heterocycles. The first-order valence-electron chi connectivity index (χ1n) is 11.1. The quantitative estimate of drug-likeness (QED) is 0.302. The second kappa shape index (κ2) is 11.1. The van der Waals surface area contributed by atoms with E-state index in [9.17, 15) is 22.8 Å². The van der Waals surface area contributed by atoms with Crippen LogP contribution >= 0.6 is 45.8 Å². The summed E-state index contributed by atoms with van der Waals surface area (Å²) in [5.41, 5.74) is 2.12. The van der Waals surface area contributed by atoms with E-state index >= 15 is 0 Å². The van der Waals surface area contributed by atoms with Gasteiger partial charge in [0.25, 0.3) is 11.8 Å². The van der Waals surface area contributed by atoms with Gasteiger partial charge in [-0.2, -0.15) is 0 Å². The number of rotatable bonds is 7. The van der Waals surface area contributed by atoms with Gasteiger partial charge in [0, 0.05) is 47.4 Å². The molecule has 0 saturated carbocycles. The number of benzene rings is 2. The van der Waals surface area contributed by atoms with Gasteiger partial charge >= 0.3 is 0 Å². The molecule has 1 unspecified atom stereocenters. The Labute approximate surface area is 238 Å². The largest absolute Gasteiger partial charge is 0.350 e. The van der Waals surface area contributed by atoms with Crippen molar-refractivity contribution in [2.24, 2.45) is 0 Å². The van der Waals surface area contributed by atoms with Crippen LogP contribution < -0.4 is 5.32 Å². The number of amides is 2. The predicted octanol–water partition coefficient (Wildman–Crippen LogP) is 4.00. The molecule has 8 nitrogen and oxygen atoms in total. The van der Waals surface area contributed by atoms with E-state index in [1.807, 2.05) is 12.1 Å². The SMILES string of the molecule is CS(=O)(=O)c1ccn(CC(C=O)NC(=O)c2c(Cl)cc3c(c2Cl)CCN(C(=O)c2ccc(I)cc2)C3)c1. The van der Waals surface area contributed by atoms with Gasteiger partial charge in [-0.3, -0.25) is 9.59 Å². The number of carbonyl (C=O) groups excluding carboxylic acids is 3. The van der Waals surface area contributed by atoms with Crippen LogP contribution in [0.1, 0.15) is 31.8 Å². The molecule has 1 N–H and O–H groups in total. The fourth-order valence-corrected chi connectivity index (χ4v) is 5.91. The normalized spacial score (nSPS) is 14.1. The highest BCUT2D eigenvalue weighted by Gasteiger charge is 2.28. The lowest BCUT2D eigenvalue weighted by Crippen LogP contribution is -2.40. The molecule has 1 aromatic heterocycles. The maximum absolute atomic E-state index is 13.1. The highest BCUT2D eigenvalue weighted by Crippen LogP contribution is 2.35. The molecule has 1 atom stereocenters. The summed E-state index contributed by atoms with van der Waals surface area (Å²) in [6, 6.07) is 9.42. The van der Waals surface area contributed by atoms with Gasteiger partial charge in [0.15, 0.2) is 9.84 Å². The van der Waals surface area contributed by atoms with E-state index in [0.717, 1.165) is 21.0 Å². The number of nitrogens with one attached hydrogen (secondary N) is 1. The molecule has 2 heterocycles. The second-order valence-electron chi connectivity index (χ2n) is 8.70. The third kappa shape index (κ3) is 6.19. The third-order valence-corrected chi connectivity index (χ3v) is 8.58. The van der Waals surface area contributed by atoms with Crippen LogP contribution in [0.3, 0.4) is 0 Å². The van der Waals surface area contributed by atoms with Crippen LogP contribution in [0.2, 0.25) is 10.0 Å². The maximum Gasteiger partial charge on any atom is 0.254 e. The molecule has 0 bridgehead atoms. The highest BCUT2D eigenvalue weighted by molar-refractivity contribution is 14.1. The Bertz CT molecular complexity index is 1490. The zero-order valence-electron chi connectivity index (χ0n) is 19.6. The van der Waals surface area contributed by atoms with Crippen molar-refractivity contribution in [1.82, 2.24) is 14.8 Å². The number of sulfone groups is 1. The minimum Gasteiger partial charge on any atom is -0.350 e. The second-order valence-corrected chi connectivity index (χ2v) is 12.7. The summed E-state index contributed by atoms with van der Waals surface area (Å²) in [4.78, 5) is 39.5. The van der Waals surface area contributed by atoms with E-state index < -0.39 is 21.8 Å². The molecule has 194 valence electrons. The summed E-state index contributed by atoms with van der Waals surface area (Å²) >= 11 is 15.3. The first kappa shape index (κ1) is 27.6. The van der Waals surface area contributed by atoms with Crippen LogP contribution in [-0.4, -0.2) is 54.8 Å². The van der Waals surface area contributed by atoms with Gasteiger partial charge in [0.1, 0.15) is 12.3 Å². The van der Waals surface area contributed by atoms with Crippen molar-refractivity contribution >= 4 is 73.7 Å². The molecule has 0 fully saturated rings. The summed E-state index contributed by atoms with van der Waals surface area (Å²) in [6.07, 6.45) is 4.99. The first-order valence-corrected chi connectivity index (χ1v) is 14.9. The van der Waals surface area contributed by atoms with Crippen LogP contribution in [0.25, 0.3) is 0 Å². The van der Waals surface area contributed by atoms with E-state index in [1.165, 1.54) is 23.0 Å². The Kier molecular flexibility index (Phi) is 8.32. The third-order valence-electron chi connectivity index (χ3n) is 6.05. The molecule has 12 heteroatoms.